The number of nitrogens with two attached hydrogens (primary N) is 1. The summed E-state index contributed by atoms with van der Waals surface area (Å²) in [5, 5.41) is 7.16. The predicted molar refractivity (Wildman–Crippen MR) is 90.3 cm³/mol. The van der Waals surface area contributed by atoms with Gasteiger partial charge in [-0.2, -0.15) is 5.10 Å². The summed E-state index contributed by atoms with van der Waals surface area (Å²) in [6.45, 7) is 1.94. The maximum absolute atomic E-state index is 12.4. The van der Waals surface area contributed by atoms with Gasteiger partial charge in [-0.05, 0) is 24.6 Å². The molecule has 116 valence electrons. The molecule has 1 heterocycles. The fourth-order valence-corrected chi connectivity index (χ4v) is 2.41. The number of para-hydroxylation sites is 1. The summed E-state index contributed by atoms with van der Waals surface area (Å²) in [4.78, 5) is 12.4. The van der Waals surface area contributed by atoms with Crippen LogP contribution in [0, 0.1) is 0 Å². The normalized spacial score (nSPS) is 11.9. The van der Waals surface area contributed by atoms with Gasteiger partial charge in [0.05, 0.1) is 17.9 Å². The molecule has 0 saturated carbocycles. The third kappa shape index (κ3) is 3.08. The zero-order chi connectivity index (χ0) is 16.2. The molecule has 0 fully saturated rings. The van der Waals surface area contributed by atoms with Crippen LogP contribution in [-0.4, -0.2) is 15.7 Å². The first-order chi connectivity index (χ1) is 11.2. The summed E-state index contributed by atoms with van der Waals surface area (Å²) >= 11 is 0. The lowest BCUT2D eigenvalue weighted by Gasteiger charge is -2.14. The SMILES string of the molecule is C[C@H](NC(=O)c1cnn(-c2ccccc2)c1N)c1ccccc1. The number of nitrogens with one attached hydrogen (secondary N) is 1. The lowest BCUT2D eigenvalue weighted by Crippen LogP contribution is -2.27. The standard InChI is InChI=1S/C18H18N4O/c1-13(14-8-4-2-5-9-14)21-18(23)16-12-20-22(17(16)19)15-10-6-3-7-11-15/h2-13H,19H2,1H3,(H,21,23)/t13-/m0/s1. The Morgan fingerprint density at radius 3 is 2.35 bits per heavy atom. The molecule has 3 rings (SSSR count). The smallest absolute Gasteiger partial charge is 0.257 e. The van der Waals surface area contributed by atoms with Gasteiger partial charge < -0.3 is 11.1 Å². The molecule has 0 unspecified atom stereocenters. The van der Waals surface area contributed by atoms with Crippen molar-refractivity contribution in [2.24, 2.45) is 0 Å². The number of hydrogen-bond donors (Lipinski definition) is 2. The van der Waals surface area contributed by atoms with Crippen molar-refractivity contribution in [1.29, 1.82) is 0 Å². The molecule has 5 nitrogen and oxygen atoms in total. The van der Waals surface area contributed by atoms with E-state index in [1.165, 1.54) is 6.20 Å². The van der Waals surface area contributed by atoms with Gasteiger partial charge in [0.15, 0.2) is 0 Å². The van der Waals surface area contributed by atoms with Gasteiger partial charge in [-0.25, -0.2) is 4.68 Å². The Bertz CT molecular complexity index is 796. The van der Waals surface area contributed by atoms with Crippen LogP contribution in [-0.2, 0) is 0 Å². The van der Waals surface area contributed by atoms with Gasteiger partial charge in [-0.15, -0.1) is 0 Å². The molecule has 0 bridgehead atoms. The molecule has 0 saturated heterocycles. The van der Waals surface area contributed by atoms with Gasteiger partial charge in [0, 0.05) is 0 Å². The number of carbonyl (C=O) groups is 1. The number of nitrogen functional groups attached to an aromatic ring is 1. The van der Waals surface area contributed by atoms with E-state index in [2.05, 4.69) is 10.4 Å². The van der Waals surface area contributed by atoms with E-state index in [1.807, 2.05) is 67.6 Å². The number of carbonyl (C=O) groups excluding carboxylic acids is 1. The van der Waals surface area contributed by atoms with Gasteiger partial charge in [-0.1, -0.05) is 48.5 Å². The number of rotatable bonds is 4. The van der Waals surface area contributed by atoms with Crippen LogP contribution in [0.4, 0.5) is 5.82 Å². The van der Waals surface area contributed by atoms with Gasteiger partial charge in [0.2, 0.25) is 0 Å². The van der Waals surface area contributed by atoms with Crippen molar-refractivity contribution >= 4 is 11.7 Å². The second kappa shape index (κ2) is 6.36. The van der Waals surface area contributed by atoms with E-state index in [1.54, 1.807) is 4.68 Å². The summed E-state index contributed by atoms with van der Waals surface area (Å²) in [5.41, 5.74) is 8.32. The summed E-state index contributed by atoms with van der Waals surface area (Å²) < 4.78 is 1.56. The second-order valence-electron chi connectivity index (χ2n) is 5.30. The van der Waals surface area contributed by atoms with Crippen LogP contribution >= 0.6 is 0 Å². The highest BCUT2D eigenvalue weighted by Gasteiger charge is 2.18. The van der Waals surface area contributed by atoms with Crippen LogP contribution in [0.15, 0.2) is 66.9 Å². The molecule has 23 heavy (non-hydrogen) atoms. The van der Waals surface area contributed by atoms with Gasteiger partial charge in [0.25, 0.3) is 5.91 Å². The minimum atomic E-state index is -0.235. The number of anilines is 1. The lowest BCUT2D eigenvalue weighted by atomic mass is 10.1. The largest absolute Gasteiger partial charge is 0.383 e. The van der Waals surface area contributed by atoms with Gasteiger partial charge >= 0.3 is 0 Å². The second-order valence-corrected chi connectivity index (χ2v) is 5.30. The minimum absolute atomic E-state index is 0.108. The monoisotopic (exact) mass is 306 g/mol. The maximum Gasteiger partial charge on any atom is 0.257 e. The Balaban J connectivity index is 1.80. The summed E-state index contributed by atoms with van der Waals surface area (Å²) in [5.74, 6) is 0.0926. The molecule has 1 atom stereocenters. The van der Waals surface area contributed by atoms with Crippen molar-refractivity contribution in [1.82, 2.24) is 15.1 Å². The van der Waals surface area contributed by atoms with Crippen LogP contribution in [0.25, 0.3) is 5.69 Å². The fourth-order valence-electron chi connectivity index (χ4n) is 2.41. The van der Waals surface area contributed by atoms with E-state index in [4.69, 9.17) is 5.73 Å². The minimum Gasteiger partial charge on any atom is -0.383 e. The molecule has 0 aliphatic rings. The van der Waals surface area contributed by atoms with Crippen LogP contribution in [0.5, 0.6) is 0 Å². The van der Waals surface area contributed by atoms with Crippen LogP contribution in [0.3, 0.4) is 0 Å². The quantitative estimate of drug-likeness (QED) is 0.778. The number of amides is 1. The Hall–Kier alpha value is -3.08. The van der Waals surface area contributed by atoms with E-state index < -0.39 is 0 Å². The average Bonchev–Trinajstić information content (AvgIpc) is 2.98. The predicted octanol–water partition coefficient (Wildman–Crippen LogP) is 2.95. The molecule has 2 aromatic carbocycles. The molecule has 0 spiro atoms. The van der Waals surface area contributed by atoms with Crippen molar-refractivity contribution in [2.45, 2.75) is 13.0 Å². The van der Waals surface area contributed by atoms with Crippen molar-refractivity contribution < 1.29 is 4.79 Å². The molecular formula is C18H18N4O. The van der Waals surface area contributed by atoms with E-state index in [9.17, 15) is 4.79 Å². The molecule has 0 aliphatic carbocycles. The summed E-state index contributed by atoms with van der Waals surface area (Å²) in [6, 6.07) is 19.2. The third-order valence-electron chi connectivity index (χ3n) is 3.70. The fraction of sp³-hybridized carbons (Fsp3) is 0.111. The first kappa shape index (κ1) is 14.8. The van der Waals surface area contributed by atoms with Crippen molar-refractivity contribution in [3.05, 3.63) is 78.0 Å². The summed E-state index contributed by atoms with van der Waals surface area (Å²) in [6.07, 6.45) is 1.50. The first-order valence-corrected chi connectivity index (χ1v) is 7.41. The Morgan fingerprint density at radius 2 is 1.70 bits per heavy atom. The van der Waals surface area contributed by atoms with E-state index in [0.717, 1.165) is 11.3 Å². The van der Waals surface area contributed by atoms with Crippen LogP contribution in [0.1, 0.15) is 28.9 Å². The zero-order valence-corrected chi connectivity index (χ0v) is 12.8. The highest BCUT2D eigenvalue weighted by atomic mass is 16.1. The molecular weight excluding hydrogens is 288 g/mol. The number of nitrogens with zero attached hydrogens (tertiary/aromatic N) is 2. The highest BCUT2D eigenvalue weighted by Crippen LogP contribution is 2.18. The van der Waals surface area contributed by atoms with Crippen molar-refractivity contribution in [2.75, 3.05) is 5.73 Å². The molecule has 5 heteroatoms. The molecule has 0 aliphatic heterocycles. The lowest BCUT2D eigenvalue weighted by molar-refractivity contribution is 0.0941. The molecule has 3 aromatic rings. The Labute approximate surface area is 134 Å². The Morgan fingerprint density at radius 1 is 1.09 bits per heavy atom. The highest BCUT2D eigenvalue weighted by molar-refractivity contribution is 5.98. The summed E-state index contributed by atoms with van der Waals surface area (Å²) in [7, 11) is 0. The van der Waals surface area contributed by atoms with E-state index in [-0.39, 0.29) is 11.9 Å². The first-order valence-electron chi connectivity index (χ1n) is 7.41. The van der Waals surface area contributed by atoms with E-state index >= 15 is 0 Å². The van der Waals surface area contributed by atoms with Crippen LogP contribution < -0.4 is 11.1 Å². The number of aromatic nitrogens is 2. The molecule has 0 radical (unpaired) electrons. The molecule has 1 aromatic heterocycles. The maximum atomic E-state index is 12.4. The van der Waals surface area contributed by atoms with Crippen molar-refractivity contribution in [3.8, 4) is 5.69 Å². The van der Waals surface area contributed by atoms with Crippen LogP contribution in [0.2, 0.25) is 0 Å². The third-order valence-corrected chi connectivity index (χ3v) is 3.70. The zero-order valence-electron chi connectivity index (χ0n) is 12.8. The van der Waals surface area contributed by atoms with Crippen molar-refractivity contribution in [3.63, 3.8) is 0 Å². The molecule has 3 N–H and O–H groups in total. The van der Waals surface area contributed by atoms with Gasteiger partial charge in [0.1, 0.15) is 11.4 Å². The number of hydrogen-bond acceptors (Lipinski definition) is 3. The van der Waals surface area contributed by atoms with E-state index in [0.29, 0.717) is 11.4 Å². The topological polar surface area (TPSA) is 72.9 Å². The Kier molecular flexibility index (Phi) is 4.10. The van der Waals surface area contributed by atoms with Gasteiger partial charge in [-0.3, -0.25) is 4.79 Å². The average molecular weight is 306 g/mol. The number of benzene rings is 2. The molecule has 1 amide bonds.